The largest absolute Gasteiger partial charge is 0.484 e. The van der Waals surface area contributed by atoms with Crippen LogP contribution in [-0.4, -0.2) is 27.1 Å². The van der Waals surface area contributed by atoms with Gasteiger partial charge in [-0.15, -0.1) is 5.10 Å². The van der Waals surface area contributed by atoms with Crippen LogP contribution in [0.1, 0.15) is 31.9 Å². The quantitative estimate of drug-likeness (QED) is 0.520. The number of amides is 1. The van der Waals surface area contributed by atoms with E-state index in [1.54, 1.807) is 30.3 Å². The monoisotopic (exact) mass is 434 g/mol. The second kappa shape index (κ2) is 7.96. The SMILES string of the molecule is CC(C)(C)c1ccc(-c2nc3s/c(=C\c4ccc(OCC(N)=O)cc4)c(=O)n3n2)cc1. The second-order valence-electron chi connectivity index (χ2n) is 8.20. The highest BCUT2D eigenvalue weighted by atomic mass is 32.1. The Morgan fingerprint density at radius 2 is 1.81 bits per heavy atom. The molecule has 4 rings (SSSR count). The molecule has 0 spiro atoms. The summed E-state index contributed by atoms with van der Waals surface area (Å²) in [6.07, 6.45) is 1.78. The summed E-state index contributed by atoms with van der Waals surface area (Å²) in [4.78, 5) is 28.6. The molecule has 8 heteroatoms. The predicted octanol–water partition coefficient (Wildman–Crippen LogP) is 2.53. The first-order chi connectivity index (χ1) is 14.7. The number of fused-ring (bicyclic) bond motifs is 1. The van der Waals surface area contributed by atoms with Gasteiger partial charge in [-0.3, -0.25) is 9.59 Å². The Kier molecular flexibility index (Phi) is 5.32. The third-order valence-electron chi connectivity index (χ3n) is 4.75. The normalized spacial score (nSPS) is 12.4. The number of nitrogens with two attached hydrogens (primary N) is 1. The van der Waals surface area contributed by atoms with E-state index in [0.29, 0.717) is 21.1 Å². The molecule has 0 aliphatic heterocycles. The van der Waals surface area contributed by atoms with Crippen molar-refractivity contribution in [3.05, 3.63) is 74.5 Å². The van der Waals surface area contributed by atoms with Crippen molar-refractivity contribution in [1.82, 2.24) is 14.6 Å². The molecule has 0 radical (unpaired) electrons. The predicted molar refractivity (Wildman–Crippen MR) is 121 cm³/mol. The van der Waals surface area contributed by atoms with Gasteiger partial charge in [-0.25, -0.2) is 0 Å². The number of nitrogens with zero attached hydrogens (tertiary/aromatic N) is 3. The molecular formula is C23H22N4O3S. The molecular weight excluding hydrogens is 412 g/mol. The number of aromatic nitrogens is 3. The highest BCUT2D eigenvalue weighted by Gasteiger charge is 2.15. The molecule has 2 heterocycles. The lowest BCUT2D eigenvalue weighted by atomic mass is 9.87. The van der Waals surface area contributed by atoms with E-state index < -0.39 is 5.91 Å². The fraction of sp³-hybridized carbons (Fsp3) is 0.217. The first kappa shape index (κ1) is 20.7. The Morgan fingerprint density at radius 3 is 2.39 bits per heavy atom. The van der Waals surface area contributed by atoms with Gasteiger partial charge in [-0.1, -0.05) is 68.5 Å². The van der Waals surface area contributed by atoms with E-state index >= 15 is 0 Å². The minimum absolute atomic E-state index is 0.0690. The summed E-state index contributed by atoms with van der Waals surface area (Å²) in [5.41, 5.74) is 7.86. The van der Waals surface area contributed by atoms with Crippen molar-refractivity contribution in [3.8, 4) is 17.1 Å². The van der Waals surface area contributed by atoms with Gasteiger partial charge in [0.1, 0.15) is 5.75 Å². The molecule has 4 aromatic rings. The van der Waals surface area contributed by atoms with Crippen LogP contribution in [0.3, 0.4) is 0 Å². The van der Waals surface area contributed by atoms with Crippen LogP contribution in [-0.2, 0) is 10.2 Å². The van der Waals surface area contributed by atoms with Crippen LogP contribution in [0.2, 0.25) is 0 Å². The van der Waals surface area contributed by atoms with E-state index in [9.17, 15) is 9.59 Å². The number of ether oxygens (including phenoxy) is 1. The number of primary amides is 1. The maximum Gasteiger partial charge on any atom is 0.291 e. The molecule has 0 fully saturated rings. The molecule has 0 aliphatic carbocycles. The van der Waals surface area contributed by atoms with Gasteiger partial charge in [0.15, 0.2) is 12.4 Å². The molecule has 0 bridgehead atoms. The van der Waals surface area contributed by atoms with Crippen molar-refractivity contribution in [2.75, 3.05) is 6.61 Å². The molecule has 0 aliphatic rings. The smallest absolute Gasteiger partial charge is 0.291 e. The third-order valence-corrected chi connectivity index (χ3v) is 5.71. The van der Waals surface area contributed by atoms with Crippen LogP contribution in [0, 0.1) is 0 Å². The number of thiazole rings is 1. The van der Waals surface area contributed by atoms with Crippen molar-refractivity contribution in [2.45, 2.75) is 26.2 Å². The van der Waals surface area contributed by atoms with Crippen molar-refractivity contribution in [3.63, 3.8) is 0 Å². The fourth-order valence-electron chi connectivity index (χ4n) is 3.04. The molecule has 2 aromatic heterocycles. The van der Waals surface area contributed by atoms with Crippen LogP contribution in [0.4, 0.5) is 0 Å². The maximum absolute atomic E-state index is 12.8. The van der Waals surface area contributed by atoms with Crippen LogP contribution >= 0.6 is 11.3 Å². The highest BCUT2D eigenvalue weighted by Crippen LogP contribution is 2.25. The molecule has 1 amide bonds. The molecule has 31 heavy (non-hydrogen) atoms. The summed E-state index contributed by atoms with van der Waals surface area (Å²) in [6.45, 7) is 6.31. The van der Waals surface area contributed by atoms with Crippen LogP contribution < -0.4 is 20.6 Å². The van der Waals surface area contributed by atoms with Crippen molar-refractivity contribution >= 4 is 28.3 Å². The standard InChI is InChI=1S/C23H22N4O3S/c1-23(2,3)16-8-6-15(7-9-16)20-25-22-27(26-20)21(29)18(31-22)12-14-4-10-17(11-5-14)30-13-19(24)28/h4-12H,13H2,1-3H3,(H2,24,28)/b18-12-. The number of carbonyl (C=O) groups excluding carboxylic acids is 1. The van der Waals surface area contributed by atoms with Crippen molar-refractivity contribution in [2.24, 2.45) is 5.73 Å². The number of carbonyl (C=O) groups is 1. The van der Waals surface area contributed by atoms with Gasteiger partial charge in [0.2, 0.25) is 4.96 Å². The van der Waals surface area contributed by atoms with E-state index in [0.717, 1.165) is 11.1 Å². The lowest BCUT2D eigenvalue weighted by molar-refractivity contribution is -0.119. The van der Waals surface area contributed by atoms with Gasteiger partial charge in [-0.2, -0.15) is 9.50 Å². The van der Waals surface area contributed by atoms with Gasteiger partial charge in [0.05, 0.1) is 4.53 Å². The summed E-state index contributed by atoms with van der Waals surface area (Å²) < 4.78 is 7.12. The summed E-state index contributed by atoms with van der Waals surface area (Å²) in [6, 6.07) is 15.1. The third kappa shape index (κ3) is 4.49. The Bertz CT molecular complexity index is 1350. The topological polar surface area (TPSA) is 99.6 Å². The molecule has 0 saturated heterocycles. The molecule has 7 nitrogen and oxygen atoms in total. The Labute approximate surface area is 182 Å². The zero-order valence-electron chi connectivity index (χ0n) is 17.5. The summed E-state index contributed by atoms with van der Waals surface area (Å²) >= 11 is 1.29. The number of rotatable bonds is 5. The number of hydrogen-bond donors (Lipinski definition) is 1. The van der Waals surface area contributed by atoms with Gasteiger partial charge in [0, 0.05) is 5.56 Å². The fourth-order valence-corrected chi connectivity index (χ4v) is 3.95. The average Bonchev–Trinajstić information content (AvgIpc) is 3.26. The zero-order chi connectivity index (χ0) is 22.2. The van der Waals surface area contributed by atoms with E-state index in [-0.39, 0.29) is 17.6 Å². The van der Waals surface area contributed by atoms with E-state index in [2.05, 4.69) is 43.0 Å². The Hall–Kier alpha value is -3.52. The van der Waals surface area contributed by atoms with Gasteiger partial charge >= 0.3 is 0 Å². The molecule has 0 unspecified atom stereocenters. The van der Waals surface area contributed by atoms with Crippen molar-refractivity contribution < 1.29 is 9.53 Å². The zero-order valence-corrected chi connectivity index (χ0v) is 18.3. The highest BCUT2D eigenvalue weighted by molar-refractivity contribution is 7.15. The summed E-state index contributed by atoms with van der Waals surface area (Å²) in [5, 5.41) is 4.41. The van der Waals surface area contributed by atoms with Crippen molar-refractivity contribution in [1.29, 1.82) is 0 Å². The molecule has 0 atom stereocenters. The van der Waals surface area contributed by atoms with Crippen LogP contribution in [0.25, 0.3) is 22.4 Å². The first-order valence-electron chi connectivity index (χ1n) is 9.74. The molecule has 2 aromatic carbocycles. The summed E-state index contributed by atoms with van der Waals surface area (Å²) in [5.74, 6) is 0.528. The van der Waals surface area contributed by atoms with Gasteiger partial charge in [-0.05, 0) is 34.8 Å². The van der Waals surface area contributed by atoms with Gasteiger partial charge in [0.25, 0.3) is 11.5 Å². The van der Waals surface area contributed by atoms with Gasteiger partial charge < -0.3 is 10.5 Å². The maximum atomic E-state index is 12.8. The van der Waals surface area contributed by atoms with Crippen LogP contribution in [0.5, 0.6) is 5.75 Å². The molecule has 0 saturated carbocycles. The lowest BCUT2D eigenvalue weighted by Crippen LogP contribution is -2.23. The Morgan fingerprint density at radius 1 is 1.13 bits per heavy atom. The van der Waals surface area contributed by atoms with E-state index in [4.69, 9.17) is 10.5 Å². The second-order valence-corrected chi connectivity index (χ2v) is 9.21. The number of hydrogen-bond acceptors (Lipinski definition) is 6. The van der Waals surface area contributed by atoms with E-state index in [1.165, 1.54) is 21.4 Å². The first-order valence-corrected chi connectivity index (χ1v) is 10.6. The average molecular weight is 435 g/mol. The minimum Gasteiger partial charge on any atom is -0.484 e. The lowest BCUT2D eigenvalue weighted by Gasteiger charge is -2.18. The Balaban J connectivity index is 1.60. The molecule has 158 valence electrons. The van der Waals surface area contributed by atoms with Crippen LogP contribution in [0.15, 0.2) is 53.3 Å². The summed E-state index contributed by atoms with van der Waals surface area (Å²) in [7, 11) is 0. The molecule has 2 N–H and O–H groups in total. The number of benzene rings is 2. The minimum atomic E-state index is -0.536. The van der Waals surface area contributed by atoms with E-state index in [1.807, 2.05) is 12.1 Å².